The van der Waals surface area contributed by atoms with E-state index in [1.165, 1.54) is 23.5 Å². The molecule has 0 saturated heterocycles. The van der Waals surface area contributed by atoms with Gasteiger partial charge in [0.2, 0.25) is 5.88 Å². The maximum atomic E-state index is 10.8. The van der Waals surface area contributed by atoms with Crippen LogP contribution in [0.2, 0.25) is 0 Å². The number of fused-ring (bicyclic) bond motifs is 1. The summed E-state index contributed by atoms with van der Waals surface area (Å²) in [6.07, 6.45) is 3.60. The summed E-state index contributed by atoms with van der Waals surface area (Å²) in [4.78, 5) is 19.5. The van der Waals surface area contributed by atoms with Gasteiger partial charge in [-0.2, -0.15) is 4.98 Å². The Hall–Kier alpha value is -3.52. The van der Waals surface area contributed by atoms with Gasteiger partial charge in [-0.3, -0.25) is 15.1 Å². The lowest BCUT2D eigenvalue weighted by atomic mass is 10.1. The Morgan fingerprint density at radius 3 is 2.85 bits per heavy atom. The number of nitrogens with one attached hydrogen (secondary N) is 1. The molecule has 27 heavy (non-hydrogen) atoms. The first kappa shape index (κ1) is 16.9. The molecule has 7 nitrogen and oxygen atoms in total. The summed E-state index contributed by atoms with van der Waals surface area (Å²) in [5, 5.41) is 24.6. The standard InChI is InChI=1S/C19H14N4O3S/c1-11-8-13(23(25)26)6-7-15(11)21-19-22-18(24)17(27-19)9-12-10-20-16-5-3-2-4-14(12)16/h2-10,24H,1H3,(H,21,22). The maximum absolute atomic E-state index is 10.8. The normalized spacial score (nSPS) is 13.7. The topological polar surface area (TPSA) is 101 Å². The second kappa shape index (κ2) is 6.65. The minimum atomic E-state index is -0.433. The molecule has 8 heteroatoms. The van der Waals surface area contributed by atoms with Gasteiger partial charge in [0.25, 0.3) is 5.69 Å². The molecule has 0 atom stereocenters. The van der Waals surface area contributed by atoms with Crippen molar-refractivity contribution < 1.29 is 10.0 Å². The number of nitro benzene ring substituents is 1. The highest BCUT2D eigenvalue weighted by molar-refractivity contribution is 7.16. The molecule has 2 heterocycles. The van der Waals surface area contributed by atoms with Crippen molar-refractivity contribution in [3.05, 3.63) is 68.6 Å². The number of para-hydroxylation sites is 1. The maximum Gasteiger partial charge on any atom is 0.269 e. The molecule has 134 valence electrons. The van der Waals surface area contributed by atoms with Gasteiger partial charge in [0, 0.05) is 35.2 Å². The molecule has 1 aliphatic heterocycles. The molecule has 0 fully saturated rings. The molecule has 0 saturated carbocycles. The van der Waals surface area contributed by atoms with Crippen molar-refractivity contribution in [3.63, 3.8) is 0 Å². The minimum Gasteiger partial charge on any atom is -0.492 e. The Kier molecular flexibility index (Phi) is 4.17. The van der Waals surface area contributed by atoms with E-state index in [9.17, 15) is 15.2 Å². The van der Waals surface area contributed by atoms with E-state index in [4.69, 9.17) is 0 Å². The second-order valence-corrected chi connectivity index (χ2v) is 6.99. The number of non-ortho nitro benzene ring substituents is 1. The Balaban J connectivity index is 1.61. The summed E-state index contributed by atoms with van der Waals surface area (Å²) in [7, 11) is 0. The van der Waals surface area contributed by atoms with E-state index in [1.807, 2.05) is 30.3 Å². The number of nitro groups is 1. The largest absolute Gasteiger partial charge is 0.492 e. The first-order chi connectivity index (χ1) is 13.0. The number of hydrogen-bond acceptors (Lipinski definition) is 7. The highest BCUT2D eigenvalue weighted by Crippen LogP contribution is 2.37. The van der Waals surface area contributed by atoms with E-state index in [0.29, 0.717) is 15.7 Å². The third kappa shape index (κ3) is 3.30. The van der Waals surface area contributed by atoms with Crippen LogP contribution < -0.4 is 5.32 Å². The summed E-state index contributed by atoms with van der Waals surface area (Å²) in [6.45, 7) is 1.78. The highest BCUT2D eigenvalue weighted by atomic mass is 32.1. The molecule has 2 N–H and O–H groups in total. The molecule has 0 radical (unpaired) electrons. The number of benzene rings is 2. The predicted octanol–water partition coefficient (Wildman–Crippen LogP) is 5.07. The summed E-state index contributed by atoms with van der Waals surface area (Å²) in [5.41, 5.74) is 4.25. The van der Waals surface area contributed by atoms with Crippen LogP contribution in [0.15, 0.2) is 47.5 Å². The number of aromatic nitrogens is 1. The van der Waals surface area contributed by atoms with Crippen LogP contribution in [0.1, 0.15) is 16.0 Å². The van der Waals surface area contributed by atoms with Gasteiger partial charge < -0.3 is 10.4 Å². The van der Waals surface area contributed by atoms with Gasteiger partial charge in [0.15, 0.2) is 5.13 Å². The van der Waals surface area contributed by atoms with Crippen LogP contribution in [0.3, 0.4) is 0 Å². The number of anilines is 2. The van der Waals surface area contributed by atoms with Gasteiger partial charge in [-0.1, -0.05) is 29.5 Å². The summed E-state index contributed by atoms with van der Waals surface area (Å²) < 4.78 is 0. The first-order valence-corrected chi connectivity index (χ1v) is 8.90. The molecule has 0 aliphatic carbocycles. The lowest BCUT2D eigenvalue weighted by Crippen LogP contribution is -1.94. The molecular weight excluding hydrogens is 364 g/mol. The fraction of sp³-hybridized carbons (Fsp3) is 0.0526. The third-order valence-electron chi connectivity index (χ3n) is 4.14. The Morgan fingerprint density at radius 1 is 1.26 bits per heavy atom. The molecule has 0 bridgehead atoms. The summed E-state index contributed by atoms with van der Waals surface area (Å²) in [5.74, 6) is -0.0765. The minimum absolute atomic E-state index is 0.0321. The van der Waals surface area contributed by atoms with E-state index in [0.717, 1.165) is 22.4 Å². The Bertz CT molecular complexity index is 1120. The van der Waals surface area contributed by atoms with Crippen LogP contribution in [-0.4, -0.2) is 21.2 Å². The third-order valence-corrected chi connectivity index (χ3v) is 5.05. The van der Waals surface area contributed by atoms with Crippen LogP contribution in [0, 0.1) is 17.0 Å². The second-order valence-electron chi connectivity index (χ2n) is 5.96. The molecule has 3 aromatic rings. The fourth-order valence-electron chi connectivity index (χ4n) is 2.78. The molecule has 4 rings (SSSR count). The number of aliphatic imine (C=N–C) groups is 1. The van der Waals surface area contributed by atoms with Gasteiger partial charge in [-0.25, -0.2) is 0 Å². The number of aromatic hydroxyl groups is 1. The van der Waals surface area contributed by atoms with Crippen LogP contribution in [0.25, 0.3) is 11.6 Å². The van der Waals surface area contributed by atoms with Crippen molar-refractivity contribution in [3.8, 4) is 5.88 Å². The van der Waals surface area contributed by atoms with E-state index in [1.54, 1.807) is 19.2 Å². The molecule has 2 aromatic carbocycles. The van der Waals surface area contributed by atoms with E-state index >= 15 is 0 Å². The van der Waals surface area contributed by atoms with Crippen LogP contribution in [-0.2, 0) is 0 Å². The van der Waals surface area contributed by atoms with E-state index < -0.39 is 4.92 Å². The van der Waals surface area contributed by atoms with E-state index in [-0.39, 0.29) is 11.6 Å². The highest BCUT2D eigenvalue weighted by Gasteiger charge is 2.15. The van der Waals surface area contributed by atoms with Crippen LogP contribution in [0.4, 0.5) is 22.2 Å². The summed E-state index contributed by atoms with van der Waals surface area (Å²) >= 11 is 1.29. The fourth-order valence-corrected chi connectivity index (χ4v) is 3.61. The number of hydrogen-bond donors (Lipinski definition) is 2. The quantitative estimate of drug-likeness (QED) is 0.488. The molecule has 0 spiro atoms. The molecule has 0 amide bonds. The van der Waals surface area contributed by atoms with Crippen LogP contribution in [0.5, 0.6) is 5.88 Å². The zero-order valence-corrected chi connectivity index (χ0v) is 15.0. The van der Waals surface area contributed by atoms with Crippen molar-refractivity contribution in [1.29, 1.82) is 0 Å². The predicted molar refractivity (Wildman–Crippen MR) is 107 cm³/mol. The van der Waals surface area contributed by atoms with Crippen molar-refractivity contribution in [2.45, 2.75) is 6.92 Å². The average Bonchev–Trinajstić information content (AvgIpc) is 3.21. The number of allylic oxidation sites excluding steroid dienone is 1. The van der Waals surface area contributed by atoms with E-state index in [2.05, 4.69) is 15.3 Å². The number of nitrogens with zero attached hydrogens (tertiary/aromatic N) is 3. The number of thiazole rings is 1. The molecule has 1 aliphatic rings. The van der Waals surface area contributed by atoms with Gasteiger partial charge in [0.05, 0.1) is 15.5 Å². The molecule has 0 unspecified atom stereocenters. The van der Waals surface area contributed by atoms with Crippen molar-refractivity contribution in [1.82, 2.24) is 4.98 Å². The van der Waals surface area contributed by atoms with Gasteiger partial charge >= 0.3 is 0 Å². The van der Waals surface area contributed by atoms with Crippen molar-refractivity contribution in [2.75, 3.05) is 5.32 Å². The van der Waals surface area contributed by atoms with Crippen molar-refractivity contribution in [2.24, 2.45) is 4.99 Å². The first-order valence-electron chi connectivity index (χ1n) is 8.08. The van der Waals surface area contributed by atoms with Crippen LogP contribution >= 0.6 is 11.3 Å². The molecular formula is C19H14N4O3S. The Morgan fingerprint density at radius 2 is 2.07 bits per heavy atom. The zero-order valence-electron chi connectivity index (χ0n) is 14.2. The molecule has 1 aromatic heterocycles. The van der Waals surface area contributed by atoms with Gasteiger partial charge in [0.1, 0.15) is 0 Å². The smallest absolute Gasteiger partial charge is 0.269 e. The number of aryl methyl sites for hydroxylation is 1. The summed E-state index contributed by atoms with van der Waals surface area (Å²) in [6, 6.07) is 12.3. The SMILES string of the molecule is Cc1cc([N+](=O)[O-])ccc1Nc1nc(O)c(C=C2C=Nc3ccccc32)s1. The monoisotopic (exact) mass is 378 g/mol. The van der Waals surface area contributed by atoms with Gasteiger partial charge in [-0.05, 0) is 30.7 Å². The Labute approximate surface area is 158 Å². The average molecular weight is 378 g/mol. The number of rotatable bonds is 4. The lowest BCUT2D eigenvalue weighted by Gasteiger charge is -2.05. The zero-order chi connectivity index (χ0) is 19.0. The van der Waals surface area contributed by atoms with Crippen molar-refractivity contribution >= 4 is 51.4 Å². The lowest BCUT2D eigenvalue weighted by molar-refractivity contribution is -0.384. The van der Waals surface area contributed by atoms with Gasteiger partial charge in [-0.15, -0.1) is 0 Å².